The van der Waals surface area contributed by atoms with Crippen molar-refractivity contribution in [3.05, 3.63) is 351 Å². The van der Waals surface area contributed by atoms with E-state index < -0.39 is 0 Å². The van der Waals surface area contributed by atoms with Gasteiger partial charge < -0.3 is 0 Å². The Hall–Kier alpha value is -8.21. The summed E-state index contributed by atoms with van der Waals surface area (Å²) in [7, 11) is 0. The van der Waals surface area contributed by atoms with Gasteiger partial charge in [-0.15, -0.1) is 0 Å². The first kappa shape index (κ1) is 59.9. The summed E-state index contributed by atoms with van der Waals surface area (Å²) in [6.07, 6.45) is 5.59. The number of pyridine rings is 3. The Labute approximate surface area is 539 Å². The van der Waals surface area contributed by atoms with Gasteiger partial charge in [0.2, 0.25) is 0 Å². The summed E-state index contributed by atoms with van der Waals surface area (Å²) in [5, 5.41) is 5.07. The van der Waals surface area contributed by atoms with Crippen molar-refractivity contribution < 1.29 is 0 Å². The molecule has 0 aliphatic heterocycles. The molecule has 0 amide bonds. The zero-order chi connectivity index (χ0) is 58.6. The van der Waals surface area contributed by atoms with E-state index in [0.29, 0.717) is 0 Å². The van der Waals surface area contributed by atoms with Gasteiger partial charge in [0.15, 0.2) is 0 Å². The Kier molecular flexibility index (Phi) is 21.5. The second-order valence-corrected chi connectivity index (χ2v) is 23.6. The molecule has 0 saturated carbocycles. The van der Waals surface area contributed by atoms with Crippen LogP contribution in [0.2, 0.25) is 0 Å². The van der Waals surface area contributed by atoms with Crippen LogP contribution in [-0.2, 0) is 0 Å². The van der Waals surface area contributed by atoms with Crippen molar-refractivity contribution in [2.24, 2.45) is 0 Å². The van der Waals surface area contributed by atoms with Crippen LogP contribution in [0.1, 0.15) is 0 Å². The Balaban J connectivity index is 0.000000119. The van der Waals surface area contributed by atoms with Crippen molar-refractivity contribution in [3.63, 3.8) is 0 Å². The van der Waals surface area contributed by atoms with Gasteiger partial charge in [0.1, 0.15) is 13.8 Å². The quantitative estimate of drug-likeness (QED) is 0.149. The molecule has 3 heterocycles. The summed E-state index contributed by atoms with van der Waals surface area (Å²) in [5.41, 5.74) is 16.9. The lowest BCUT2D eigenvalue weighted by molar-refractivity contribution is 1.28. The highest BCUT2D eigenvalue weighted by atomic mass is 79.9. The number of nitrogens with zero attached hydrogens (tertiary/aromatic N) is 3. The third-order valence-corrected chi connectivity index (χ3v) is 16.2. The van der Waals surface area contributed by atoms with Crippen LogP contribution in [0.25, 0.3) is 99.4 Å². The highest BCUT2D eigenvalue weighted by Crippen LogP contribution is 2.36. The molecule has 0 unspecified atom stereocenters. The molecule has 3 aromatic heterocycles. The molecule has 412 valence electrons. The maximum absolute atomic E-state index is 4.36. The summed E-state index contributed by atoms with van der Waals surface area (Å²) in [6.45, 7) is 0. The Bertz CT molecular complexity index is 4330. The van der Waals surface area contributed by atoms with Gasteiger partial charge in [0.05, 0.1) is 0 Å². The lowest BCUT2D eigenvalue weighted by atomic mass is 9.97. The van der Waals surface area contributed by atoms with Crippen LogP contribution in [0.15, 0.2) is 351 Å². The molecule has 3 nitrogen and oxygen atoms in total. The van der Waals surface area contributed by atoms with Gasteiger partial charge >= 0.3 is 0 Å². The van der Waals surface area contributed by atoms with Crippen LogP contribution in [0.3, 0.4) is 0 Å². The molecule has 0 fully saturated rings. The van der Waals surface area contributed by atoms with Crippen molar-refractivity contribution in [1.29, 1.82) is 0 Å². The number of hydrogen-bond acceptors (Lipinski definition) is 3. The predicted octanol–water partition coefficient (Wildman–Crippen LogP) is 24.4. The number of benzene rings is 11. The fourth-order valence-corrected chi connectivity index (χ4v) is 11.5. The Morgan fingerprint density at radius 1 is 0.212 bits per heavy atom. The smallest absolute Gasteiger partial charge is 0.106 e. The van der Waals surface area contributed by atoms with Crippen LogP contribution in [-0.4, -0.2) is 15.0 Å². The third-order valence-electron chi connectivity index (χ3n) is 13.8. The number of hydrogen-bond donors (Lipinski definition) is 0. The molecule has 0 aliphatic carbocycles. The number of fused-ring (bicyclic) bond motifs is 2. The molecule has 0 aliphatic rings. The summed E-state index contributed by atoms with van der Waals surface area (Å²) in [6, 6.07) is 107. The maximum Gasteiger partial charge on any atom is 0.106 e. The molecular formula is C77H54Br5N3. The molecule has 8 heteroatoms. The second kappa shape index (κ2) is 30.6. The SMILES string of the molecule is Brc1cc(-c2ccc3ccccc3c2)ccn1.Brc1cc(-c2ccccc2)c(-c2ccccc2)cn1.Brc1cc(-c2ccccc2)cc(-c2ccccc2)c1.Brc1ccc(-c2ccccc2)c2ccccc12.Brc1ccc(-c2ccccc2)cn1. The van der Waals surface area contributed by atoms with E-state index in [9.17, 15) is 0 Å². The minimum atomic E-state index is 0.853. The van der Waals surface area contributed by atoms with Crippen LogP contribution in [0, 0.1) is 0 Å². The van der Waals surface area contributed by atoms with E-state index in [1.807, 2.05) is 104 Å². The van der Waals surface area contributed by atoms with Gasteiger partial charge in [0.25, 0.3) is 0 Å². The van der Waals surface area contributed by atoms with Crippen LogP contribution >= 0.6 is 79.6 Å². The van der Waals surface area contributed by atoms with E-state index in [1.165, 1.54) is 88.3 Å². The first-order valence-corrected chi connectivity index (χ1v) is 31.4. The fourth-order valence-electron chi connectivity index (χ4n) is 9.58. The molecule has 0 N–H and O–H groups in total. The molecule has 0 saturated heterocycles. The molecule has 0 atom stereocenters. The second-order valence-electron chi connectivity index (χ2n) is 19.4. The molecule has 85 heavy (non-hydrogen) atoms. The van der Waals surface area contributed by atoms with Crippen molar-refractivity contribution in [1.82, 2.24) is 15.0 Å². The van der Waals surface area contributed by atoms with Gasteiger partial charge in [0, 0.05) is 38.7 Å². The van der Waals surface area contributed by atoms with Crippen LogP contribution in [0.5, 0.6) is 0 Å². The number of rotatable bonds is 7. The first-order valence-electron chi connectivity index (χ1n) is 27.4. The van der Waals surface area contributed by atoms with Crippen LogP contribution in [0.4, 0.5) is 0 Å². The van der Waals surface area contributed by atoms with Crippen LogP contribution < -0.4 is 0 Å². The van der Waals surface area contributed by atoms with Gasteiger partial charge in [-0.2, -0.15) is 0 Å². The molecule has 0 spiro atoms. The summed E-state index contributed by atoms with van der Waals surface area (Å²) in [5.74, 6) is 0. The molecule has 0 bridgehead atoms. The molecule has 14 rings (SSSR count). The number of halogens is 5. The Morgan fingerprint density at radius 2 is 0.647 bits per heavy atom. The molecule has 11 aromatic carbocycles. The summed E-state index contributed by atoms with van der Waals surface area (Å²) >= 11 is 17.4. The van der Waals surface area contributed by atoms with E-state index in [-0.39, 0.29) is 0 Å². The topological polar surface area (TPSA) is 38.7 Å². The number of aromatic nitrogens is 3. The van der Waals surface area contributed by atoms with E-state index in [0.717, 1.165) is 33.9 Å². The van der Waals surface area contributed by atoms with Gasteiger partial charge in [-0.05, 0) is 191 Å². The monoisotopic (exact) mass is 1420 g/mol. The molecular weight excluding hydrogens is 1370 g/mol. The lowest BCUT2D eigenvalue weighted by Crippen LogP contribution is -1.87. The molecule has 14 aromatic rings. The highest BCUT2D eigenvalue weighted by molar-refractivity contribution is 9.11. The van der Waals surface area contributed by atoms with Crippen molar-refractivity contribution in [2.45, 2.75) is 0 Å². The van der Waals surface area contributed by atoms with Gasteiger partial charge in [-0.25, -0.2) is 15.0 Å². The molecule has 0 radical (unpaired) electrons. The van der Waals surface area contributed by atoms with Crippen molar-refractivity contribution >= 4 is 101 Å². The van der Waals surface area contributed by atoms with Crippen molar-refractivity contribution in [3.8, 4) is 77.9 Å². The average Bonchev–Trinajstić information content (AvgIpc) is 3.77. The third kappa shape index (κ3) is 16.8. The maximum atomic E-state index is 4.36. The zero-order valence-corrected chi connectivity index (χ0v) is 53.8. The largest absolute Gasteiger partial charge is 0.249 e. The summed E-state index contributed by atoms with van der Waals surface area (Å²) in [4.78, 5) is 12.7. The minimum absolute atomic E-state index is 0.853. The zero-order valence-electron chi connectivity index (χ0n) is 45.9. The van der Waals surface area contributed by atoms with Gasteiger partial charge in [-0.3, -0.25) is 0 Å². The first-order chi connectivity index (χ1) is 41.7. The Morgan fingerprint density at radius 3 is 1.19 bits per heavy atom. The van der Waals surface area contributed by atoms with Crippen molar-refractivity contribution in [2.75, 3.05) is 0 Å². The van der Waals surface area contributed by atoms with Gasteiger partial charge in [-0.1, -0.05) is 287 Å². The highest BCUT2D eigenvalue weighted by Gasteiger charge is 2.10. The normalized spacial score (nSPS) is 10.4. The predicted molar refractivity (Wildman–Crippen MR) is 377 cm³/mol. The standard InChI is InChI=1S/C18H13Br.C17H12BrN.C16H11Br.C15H10BrN.C11H8BrN/c19-18-12-16(14-7-3-1-4-8-14)11-17(13-18)15-9-5-2-6-10-15;18-17-11-15(13-7-3-1-4-8-13)16(12-19-17)14-9-5-2-6-10-14;17-16-11-10-13(12-6-2-1-3-7-12)14-8-4-5-9-15(14)16;16-15-10-14(7-8-17-15)13-6-5-11-3-1-2-4-12(11)9-13;12-11-7-6-10(8-13-11)9-4-2-1-3-5-9/h1-13H;1-12H;1-11H;1-10H;1-8H. The fraction of sp³-hybridized carbons (Fsp3) is 0. The lowest BCUT2D eigenvalue weighted by Gasteiger charge is -2.10. The van der Waals surface area contributed by atoms with E-state index in [4.69, 9.17) is 0 Å². The summed E-state index contributed by atoms with van der Waals surface area (Å²) < 4.78 is 4.84. The van der Waals surface area contributed by atoms with E-state index in [1.54, 1.807) is 0 Å². The van der Waals surface area contributed by atoms with E-state index in [2.05, 4.69) is 319 Å². The average molecular weight is 1420 g/mol. The van der Waals surface area contributed by atoms with E-state index >= 15 is 0 Å². The minimum Gasteiger partial charge on any atom is -0.249 e.